The molecule has 0 aromatic carbocycles. The van der Waals surface area contributed by atoms with Crippen LogP contribution in [0.2, 0.25) is 0 Å². The molecule has 0 spiro atoms. The first-order chi connectivity index (χ1) is 12.7. The maximum atomic E-state index is 12.1. The van der Waals surface area contributed by atoms with Crippen LogP contribution in [0, 0.1) is 6.92 Å². The third-order valence-electron chi connectivity index (χ3n) is 4.95. The van der Waals surface area contributed by atoms with Crippen LogP contribution in [0.15, 0.2) is 17.7 Å². The van der Waals surface area contributed by atoms with Crippen LogP contribution in [0.25, 0.3) is 6.08 Å². The van der Waals surface area contributed by atoms with Crippen molar-refractivity contribution >= 4 is 25.0 Å². The average molecular weight is 389 g/mol. The lowest BCUT2D eigenvalue weighted by Gasteiger charge is -2.32. The first kappa shape index (κ1) is 22.2. The summed E-state index contributed by atoms with van der Waals surface area (Å²) in [7, 11) is -0.637. The smallest absolute Gasteiger partial charge is 0.444 e. The normalized spacial score (nSPS) is 18.9. The van der Waals surface area contributed by atoms with Gasteiger partial charge in [0, 0.05) is 12.7 Å². The van der Waals surface area contributed by atoms with Gasteiger partial charge in [-0.2, -0.15) is 0 Å². The molecule has 1 aromatic rings. The molecular weight excluding hydrogens is 357 g/mol. The van der Waals surface area contributed by atoms with Crippen molar-refractivity contribution in [3.05, 3.63) is 29.0 Å². The van der Waals surface area contributed by atoms with E-state index in [2.05, 4.69) is 10.3 Å². The molecule has 1 aliphatic rings. The molecule has 154 valence electrons. The van der Waals surface area contributed by atoms with Crippen LogP contribution in [0.4, 0.5) is 10.5 Å². The number of aromatic nitrogens is 1. The van der Waals surface area contributed by atoms with E-state index in [4.69, 9.17) is 19.8 Å². The quantitative estimate of drug-likeness (QED) is 0.765. The Labute approximate surface area is 168 Å². The van der Waals surface area contributed by atoms with E-state index in [0.29, 0.717) is 16.9 Å². The molecule has 1 aliphatic heterocycles. The molecule has 0 atom stereocenters. The molecule has 1 fully saturated rings. The highest BCUT2D eigenvalue weighted by atomic mass is 16.7. The molecule has 28 heavy (non-hydrogen) atoms. The van der Waals surface area contributed by atoms with Crippen molar-refractivity contribution in [2.45, 2.75) is 72.2 Å². The van der Waals surface area contributed by atoms with Crippen LogP contribution in [0.5, 0.6) is 0 Å². The summed E-state index contributed by atoms with van der Waals surface area (Å²) < 4.78 is 17.6. The Morgan fingerprint density at radius 2 is 1.86 bits per heavy atom. The highest BCUT2D eigenvalue weighted by molar-refractivity contribution is 6.56. The number of aryl methyl sites for hydroxylation is 1. The van der Waals surface area contributed by atoms with Gasteiger partial charge in [0.25, 0.3) is 0 Å². The molecule has 1 saturated heterocycles. The van der Waals surface area contributed by atoms with Gasteiger partial charge in [-0.25, -0.2) is 4.79 Å². The van der Waals surface area contributed by atoms with Gasteiger partial charge >= 0.3 is 13.2 Å². The number of pyridine rings is 1. The Balaban J connectivity index is 2.30. The van der Waals surface area contributed by atoms with E-state index in [9.17, 15) is 4.79 Å². The standard InChI is InChI=1S/C20H32BN3O4/c1-13-9-10-23-15(16(13)22)11-14(12-24-17(25)26-18(2,3)4)21-27-19(5,6)20(7,8)28-21/h9-11H,12,22H2,1-8H3,(H,24,25). The first-order valence-electron chi connectivity index (χ1n) is 9.46. The van der Waals surface area contributed by atoms with E-state index in [1.165, 1.54) is 0 Å². The van der Waals surface area contributed by atoms with Crippen LogP contribution in [-0.4, -0.2) is 41.5 Å². The van der Waals surface area contributed by atoms with Crippen molar-refractivity contribution in [2.75, 3.05) is 12.3 Å². The largest absolute Gasteiger partial charge is 0.492 e. The Bertz CT molecular complexity index is 753. The Morgan fingerprint density at radius 3 is 2.39 bits per heavy atom. The Hall–Kier alpha value is -2.06. The minimum atomic E-state index is -0.637. The predicted molar refractivity (Wildman–Crippen MR) is 112 cm³/mol. The maximum absolute atomic E-state index is 12.1. The summed E-state index contributed by atoms with van der Waals surface area (Å²) in [4.78, 5) is 16.5. The fourth-order valence-corrected chi connectivity index (χ4v) is 2.57. The summed E-state index contributed by atoms with van der Waals surface area (Å²) in [6, 6.07) is 1.85. The van der Waals surface area contributed by atoms with Crippen molar-refractivity contribution in [3.63, 3.8) is 0 Å². The van der Waals surface area contributed by atoms with Gasteiger partial charge in [-0.3, -0.25) is 4.98 Å². The minimum absolute atomic E-state index is 0.181. The number of hydrogen-bond acceptors (Lipinski definition) is 6. The summed E-state index contributed by atoms with van der Waals surface area (Å²) >= 11 is 0. The van der Waals surface area contributed by atoms with Gasteiger partial charge in [-0.15, -0.1) is 0 Å². The van der Waals surface area contributed by atoms with E-state index >= 15 is 0 Å². The maximum Gasteiger partial charge on any atom is 0.492 e. The van der Waals surface area contributed by atoms with Gasteiger partial charge in [0.1, 0.15) is 5.60 Å². The van der Waals surface area contributed by atoms with Gasteiger partial charge in [0.2, 0.25) is 0 Å². The second kappa shape index (κ2) is 7.76. The zero-order valence-electron chi connectivity index (χ0n) is 18.2. The van der Waals surface area contributed by atoms with E-state index in [-0.39, 0.29) is 6.54 Å². The van der Waals surface area contributed by atoms with Gasteiger partial charge in [0.15, 0.2) is 0 Å². The zero-order chi connectivity index (χ0) is 21.3. The Kier molecular flexibility index (Phi) is 6.16. The number of ether oxygens (including phenoxy) is 1. The van der Waals surface area contributed by atoms with E-state index in [0.717, 1.165) is 5.56 Å². The summed E-state index contributed by atoms with van der Waals surface area (Å²) in [6.07, 6.45) is 2.99. The number of anilines is 1. The number of nitrogen functional groups attached to an aromatic ring is 1. The third-order valence-corrected chi connectivity index (χ3v) is 4.95. The van der Waals surface area contributed by atoms with Gasteiger partial charge < -0.3 is 25.1 Å². The van der Waals surface area contributed by atoms with Crippen LogP contribution >= 0.6 is 0 Å². The zero-order valence-corrected chi connectivity index (χ0v) is 18.2. The van der Waals surface area contributed by atoms with Gasteiger partial charge in [-0.05, 0) is 78.6 Å². The molecule has 2 rings (SSSR count). The minimum Gasteiger partial charge on any atom is -0.444 e. The molecule has 0 bridgehead atoms. The molecule has 7 nitrogen and oxygen atoms in total. The van der Waals surface area contributed by atoms with Crippen LogP contribution in [0.1, 0.15) is 59.7 Å². The molecule has 1 amide bonds. The number of amides is 1. The number of carbonyl (C=O) groups is 1. The number of nitrogens with one attached hydrogen (secondary N) is 1. The molecule has 3 N–H and O–H groups in total. The van der Waals surface area contributed by atoms with E-state index < -0.39 is 30.0 Å². The SMILES string of the molecule is Cc1ccnc(C=C(CNC(=O)OC(C)(C)C)B2OC(C)(C)C(C)(C)O2)c1N. The monoisotopic (exact) mass is 389 g/mol. The highest BCUT2D eigenvalue weighted by Gasteiger charge is 2.52. The number of hydrogen-bond donors (Lipinski definition) is 2. The number of nitrogens with zero attached hydrogens (tertiary/aromatic N) is 1. The number of nitrogens with two attached hydrogens (primary N) is 1. The lowest BCUT2D eigenvalue weighted by molar-refractivity contribution is 0.00578. The van der Waals surface area contributed by atoms with Crippen molar-refractivity contribution in [1.82, 2.24) is 10.3 Å². The topological polar surface area (TPSA) is 95.7 Å². The second-order valence-corrected chi connectivity index (χ2v) is 9.09. The predicted octanol–water partition coefficient (Wildman–Crippen LogP) is 3.51. The van der Waals surface area contributed by atoms with Crippen LogP contribution in [0.3, 0.4) is 0 Å². The van der Waals surface area contributed by atoms with Crippen molar-refractivity contribution in [3.8, 4) is 0 Å². The molecular formula is C20H32BN3O4. The number of alkyl carbamates (subject to hydrolysis) is 1. The van der Waals surface area contributed by atoms with Gasteiger partial charge in [0.05, 0.1) is 22.6 Å². The summed E-state index contributed by atoms with van der Waals surface area (Å²) in [5.41, 5.74) is 7.39. The average Bonchev–Trinajstić information content (AvgIpc) is 2.74. The van der Waals surface area contributed by atoms with Crippen LogP contribution < -0.4 is 11.1 Å². The van der Waals surface area contributed by atoms with Crippen molar-refractivity contribution in [2.24, 2.45) is 0 Å². The highest BCUT2D eigenvalue weighted by Crippen LogP contribution is 2.38. The second-order valence-electron chi connectivity index (χ2n) is 9.09. The molecule has 2 heterocycles. The third kappa shape index (κ3) is 5.26. The first-order valence-corrected chi connectivity index (χ1v) is 9.46. The Morgan fingerprint density at radius 1 is 1.29 bits per heavy atom. The lowest BCUT2D eigenvalue weighted by atomic mass is 9.77. The molecule has 1 aromatic heterocycles. The fraction of sp³-hybridized carbons (Fsp3) is 0.600. The van der Waals surface area contributed by atoms with Crippen molar-refractivity contribution < 1.29 is 18.8 Å². The molecule has 8 heteroatoms. The summed E-state index contributed by atoms with van der Waals surface area (Å²) in [5.74, 6) is 0. The van der Waals surface area contributed by atoms with E-state index in [1.807, 2.05) is 67.5 Å². The summed E-state index contributed by atoms with van der Waals surface area (Å²) in [5, 5.41) is 2.77. The molecule has 0 unspecified atom stereocenters. The van der Waals surface area contributed by atoms with E-state index in [1.54, 1.807) is 6.20 Å². The van der Waals surface area contributed by atoms with Gasteiger partial charge in [-0.1, -0.05) is 0 Å². The molecule has 0 aliphatic carbocycles. The van der Waals surface area contributed by atoms with Crippen LogP contribution in [-0.2, 0) is 14.0 Å². The number of carbonyl (C=O) groups excluding carboxylic acids is 1. The lowest BCUT2D eigenvalue weighted by Crippen LogP contribution is -2.41. The molecule has 0 radical (unpaired) electrons. The summed E-state index contributed by atoms with van der Waals surface area (Å²) in [6.45, 7) is 15.5. The molecule has 0 saturated carbocycles. The number of rotatable bonds is 4. The van der Waals surface area contributed by atoms with Crippen molar-refractivity contribution in [1.29, 1.82) is 0 Å². The fourth-order valence-electron chi connectivity index (χ4n) is 2.57.